The van der Waals surface area contributed by atoms with E-state index >= 15 is 0 Å². The summed E-state index contributed by atoms with van der Waals surface area (Å²) in [4.78, 5) is 0. The summed E-state index contributed by atoms with van der Waals surface area (Å²) in [5, 5.41) is 8.63. The highest BCUT2D eigenvalue weighted by Gasteiger charge is 1.74. The minimum absolute atomic E-state index is 0. The summed E-state index contributed by atoms with van der Waals surface area (Å²) in [6, 6.07) is 8.71. The van der Waals surface area contributed by atoms with Crippen molar-refractivity contribution >= 4 is 23.1 Å². The maximum Gasteiger partial charge on any atom is 0.115 e. The minimum atomic E-state index is 0. The molecular formula is C6H6MgO. The molecule has 0 fully saturated rings. The molecule has 1 N–H and O–H groups in total. The molecule has 0 saturated heterocycles. The average molecular weight is 118 g/mol. The van der Waals surface area contributed by atoms with Crippen LogP contribution in [-0.4, -0.2) is 28.2 Å². The van der Waals surface area contributed by atoms with Crippen LogP contribution < -0.4 is 0 Å². The summed E-state index contributed by atoms with van der Waals surface area (Å²) in [5.74, 6) is 0.322. The number of para-hydroxylation sites is 1. The van der Waals surface area contributed by atoms with Crippen molar-refractivity contribution in [2.75, 3.05) is 0 Å². The molecule has 8 heavy (non-hydrogen) atoms. The SMILES string of the molecule is Oc1ccccc1.[Mg]. The summed E-state index contributed by atoms with van der Waals surface area (Å²) in [6.45, 7) is 0. The van der Waals surface area contributed by atoms with Gasteiger partial charge in [0.15, 0.2) is 0 Å². The number of rotatable bonds is 0. The predicted octanol–water partition coefficient (Wildman–Crippen LogP) is 1.01. The van der Waals surface area contributed by atoms with Gasteiger partial charge in [0, 0.05) is 23.1 Å². The summed E-state index contributed by atoms with van der Waals surface area (Å²) in [6.07, 6.45) is 0. The number of aromatic hydroxyl groups is 1. The van der Waals surface area contributed by atoms with E-state index in [0.717, 1.165) is 0 Å². The van der Waals surface area contributed by atoms with Gasteiger partial charge in [0.25, 0.3) is 0 Å². The van der Waals surface area contributed by atoms with E-state index in [-0.39, 0.29) is 23.1 Å². The molecule has 1 aromatic carbocycles. The van der Waals surface area contributed by atoms with Crippen LogP contribution in [0.2, 0.25) is 0 Å². The smallest absolute Gasteiger partial charge is 0.115 e. The molecule has 0 saturated carbocycles. The van der Waals surface area contributed by atoms with Gasteiger partial charge in [0.1, 0.15) is 5.75 Å². The Morgan fingerprint density at radius 2 is 1.50 bits per heavy atom. The zero-order chi connectivity index (χ0) is 5.11. The quantitative estimate of drug-likeness (QED) is 0.504. The van der Waals surface area contributed by atoms with Crippen LogP contribution in [-0.2, 0) is 0 Å². The summed E-state index contributed by atoms with van der Waals surface area (Å²) < 4.78 is 0. The maximum absolute atomic E-state index is 8.63. The molecule has 0 atom stereocenters. The van der Waals surface area contributed by atoms with Crippen molar-refractivity contribution in [3.05, 3.63) is 30.3 Å². The molecule has 0 spiro atoms. The largest absolute Gasteiger partial charge is 0.508 e. The Balaban J connectivity index is 0.000000490. The maximum atomic E-state index is 8.63. The fourth-order valence-electron chi connectivity index (χ4n) is 0.428. The third kappa shape index (κ3) is 2.19. The highest BCUT2D eigenvalue weighted by Crippen LogP contribution is 2.02. The Hall–Kier alpha value is -0.214. The van der Waals surface area contributed by atoms with Crippen LogP contribution >= 0.6 is 0 Å². The van der Waals surface area contributed by atoms with Crippen LogP contribution in [0.5, 0.6) is 5.75 Å². The number of phenols is 1. The van der Waals surface area contributed by atoms with Gasteiger partial charge in [-0.3, -0.25) is 0 Å². The Bertz CT molecular complexity index is 138. The molecule has 0 aromatic heterocycles. The van der Waals surface area contributed by atoms with Crippen molar-refractivity contribution < 1.29 is 5.11 Å². The van der Waals surface area contributed by atoms with E-state index in [4.69, 9.17) is 5.11 Å². The third-order valence-corrected chi connectivity index (χ3v) is 0.756. The van der Waals surface area contributed by atoms with E-state index in [1.807, 2.05) is 6.07 Å². The van der Waals surface area contributed by atoms with Gasteiger partial charge in [-0.15, -0.1) is 0 Å². The van der Waals surface area contributed by atoms with Crippen LogP contribution in [0, 0.1) is 0 Å². The summed E-state index contributed by atoms with van der Waals surface area (Å²) in [5.41, 5.74) is 0. The molecule has 1 rings (SSSR count). The van der Waals surface area contributed by atoms with Gasteiger partial charge >= 0.3 is 0 Å². The Kier molecular flexibility index (Phi) is 3.65. The molecule has 1 nitrogen and oxygen atoms in total. The van der Waals surface area contributed by atoms with E-state index in [1.54, 1.807) is 24.3 Å². The molecule has 38 valence electrons. The van der Waals surface area contributed by atoms with Crippen LogP contribution in [0.3, 0.4) is 0 Å². The fraction of sp³-hybridized carbons (Fsp3) is 0. The lowest BCUT2D eigenvalue weighted by Crippen LogP contribution is -1.56. The van der Waals surface area contributed by atoms with Gasteiger partial charge in [0.2, 0.25) is 0 Å². The molecule has 0 aliphatic heterocycles. The Labute approximate surface area is 64.5 Å². The molecule has 2 heteroatoms. The lowest BCUT2D eigenvalue weighted by Gasteiger charge is -1.82. The molecule has 1 aromatic rings. The molecule has 0 aliphatic carbocycles. The third-order valence-electron chi connectivity index (χ3n) is 0.756. The average Bonchev–Trinajstić information content (AvgIpc) is 1.69. The molecular weight excluding hydrogens is 112 g/mol. The van der Waals surface area contributed by atoms with E-state index in [0.29, 0.717) is 5.75 Å². The van der Waals surface area contributed by atoms with Crippen molar-refractivity contribution in [2.45, 2.75) is 0 Å². The first-order chi connectivity index (χ1) is 3.39. The molecule has 0 bridgehead atoms. The topological polar surface area (TPSA) is 20.2 Å². The number of hydrogen-bond acceptors (Lipinski definition) is 1. The second-order valence-corrected chi connectivity index (χ2v) is 1.34. The number of phenolic OH excluding ortho intramolecular Hbond substituents is 1. The lowest BCUT2D eigenvalue weighted by molar-refractivity contribution is 0.475. The van der Waals surface area contributed by atoms with E-state index < -0.39 is 0 Å². The fourth-order valence-corrected chi connectivity index (χ4v) is 0.428. The van der Waals surface area contributed by atoms with Crippen LogP contribution in [0.25, 0.3) is 0 Å². The van der Waals surface area contributed by atoms with Crippen LogP contribution in [0.1, 0.15) is 0 Å². The van der Waals surface area contributed by atoms with E-state index in [9.17, 15) is 0 Å². The first-order valence-electron chi connectivity index (χ1n) is 2.13. The van der Waals surface area contributed by atoms with Gasteiger partial charge in [0.05, 0.1) is 0 Å². The molecule has 0 aliphatic rings. The van der Waals surface area contributed by atoms with E-state index in [1.165, 1.54) is 0 Å². The first kappa shape index (κ1) is 7.79. The molecule has 0 unspecified atom stereocenters. The Morgan fingerprint density at radius 1 is 1.00 bits per heavy atom. The predicted molar refractivity (Wildman–Crippen MR) is 33.9 cm³/mol. The summed E-state index contributed by atoms with van der Waals surface area (Å²) >= 11 is 0. The Morgan fingerprint density at radius 3 is 1.75 bits per heavy atom. The van der Waals surface area contributed by atoms with Crippen molar-refractivity contribution in [3.8, 4) is 5.75 Å². The van der Waals surface area contributed by atoms with E-state index in [2.05, 4.69) is 0 Å². The first-order valence-corrected chi connectivity index (χ1v) is 2.13. The molecule has 0 amide bonds. The van der Waals surface area contributed by atoms with Crippen molar-refractivity contribution in [3.63, 3.8) is 0 Å². The van der Waals surface area contributed by atoms with Crippen molar-refractivity contribution in [1.29, 1.82) is 0 Å². The van der Waals surface area contributed by atoms with Crippen LogP contribution in [0.4, 0.5) is 0 Å². The van der Waals surface area contributed by atoms with Crippen LogP contribution in [0.15, 0.2) is 30.3 Å². The zero-order valence-corrected chi connectivity index (χ0v) is 5.96. The second-order valence-electron chi connectivity index (χ2n) is 1.34. The van der Waals surface area contributed by atoms with Gasteiger partial charge in [-0.25, -0.2) is 0 Å². The highest BCUT2D eigenvalue weighted by molar-refractivity contribution is 5.75. The molecule has 0 heterocycles. The normalized spacial score (nSPS) is 7.50. The molecule has 2 radical (unpaired) electrons. The summed E-state index contributed by atoms with van der Waals surface area (Å²) in [7, 11) is 0. The van der Waals surface area contributed by atoms with Gasteiger partial charge < -0.3 is 5.11 Å². The van der Waals surface area contributed by atoms with Gasteiger partial charge in [-0.1, -0.05) is 18.2 Å². The second kappa shape index (κ2) is 3.75. The minimum Gasteiger partial charge on any atom is -0.508 e. The standard InChI is InChI=1S/C6H6O.Mg/c7-6-4-2-1-3-5-6;/h1-5,7H;. The lowest BCUT2D eigenvalue weighted by atomic mass is 10.3. The van der Waals surface area contributed by atoms with Crippen molar-refractivity contribution in [1.82, 2.24) is 0 Å². The number of benzene rings is 1. The zero-order valence-electron chi connectivity index (χ0n) is 4.54. The number of hydrogen-bond donors (Lipinski definition) is 1. The van der Waals surface area contributed by atoms with Crippen molar-refractivity contribution in [2.24, 2.45) is 0 Å². The van der Waals surface area contributed by atoms with Gasteiger partial charge in [-0.2, -0.15) is 0 Å². The highest BCUT2D eigenvalue weighted by atomic mass is 24.3. The van der Waals surface area contributed by atoms with Gasteiger partial charge in [-0.05, 0) is 12.1 Å². The monoisotopic (exact) mass is 118 g/mol.